The van der Waals surface area contributed by atoms with E-state index in [9.17, 15) is 14.9 Å². The number of hydrogen-bond acceptors (Lipinski definition) is 5. The molecule has 31 heavy (non-hydrogen) atoms. The molecule has 0 radical (unpaired) electrons. The molecular formula is C24H27N3O4. The first-order valence-corrected chi connectivity index (χ1v) is 10.4. The van der Waals surface area contributed by atoms with Gasteiger partial charge in [-0.15, -0.1) is 0 Å². The highest BCUT2D eigenvalue weighted by Gasteiger charge is 2.18. The van der Waals surface area contributed by atoms with Gasteiger partial charge in [0.25, 0.3) is 5.91 Å². The summed E-state index contributed by atoms with van der Waals surface area (Å²) in [7, 11) is 0. The first-order chi connectivity index (χ1) is 14.9. The normalized spacial score (nSPS) is 16.1. The highest BCUT2D eigenvalue weighted by molar-refractivity contribution is 6.01. The molecule has 0 aliphatic carbocycles. The van der Waals surface area contributed by atoms with E-state index < -0.39 is 5.91 Å². The number of hydrogen-bond donors (Lipinski definition) is 1. The predicted molar refractivity (Wildman–Crippen MR) is 117 cm³/mol. The van der Waals surface area contributed by atoms with Crippen molar-refractivity contribution in [1.82, 2.24) is 9.88 Å². The Morgan fingerprint density at radius 1 is 1.32 bits per heavy atom. The Kier molecular flexibility index (Phi) is 7.27. The summed E-state index contributed by atoms with van der Waals surface area (Å²) in [6.45, 7) is 7.10. The average molecular weight is 421 g/mol. The Morgan fingerprint density at radius 3 is 2.68 bits per heavy atom. The van der Waals surface area contributed by atoms with Crippen LogP contribution in [0.25, 0.3) is 11.8 Å². The average Bonchev–Trinajstić information content (AvgIpc) is 3.38. The molecule has 7 nitrogen and oxygen atoms in total. The van der Waals surface area contributed by atoms with Gasteiger partial charge in [-0.25, -0.2) is 4.79 Å². The lowest BCUT2D eigenvalue weighted by atomic mass is 10.1. The Bertz CT molecular complexity index is 1020. The molecule has 1 aliphatic rings. The summed E-state index contributed by atoms with van der Waals surface area (Å²) >= 11 is 0. The van der Waals surface area contributed by atoms with Crippen LogP contribution >= 0.6 is 0 Å². The number of benzene rings is 1. The Labute approximate surface area is 182 Å². The van der Waals surface area contributed by atoms with E-state index in [1.807, 2.05) is 42.7 Å². The SMILES string of the molecule is CCOC(=O)c1ccc(-n2c(C)cc(/C=C(/C#N)C(=O)NC[C@H]3CCCO3)c2C)cc1. The van der Waals surface area contributed by atoms with Gasteiger partial charge in [0, 0.05) is 30.2 Å². The molecule has 0 unspecified atom stereocenters. The summed E-state index contributed by atoms with van der Waals surface area (Å²) in [5, 5.41) is 12.3. The minimum Gasteiger partial charge on any atom is -0.462 e. The van der Waals surface area contributed by atoms with Gasteiger partial charge in [-0.2, -0.15) is 5.26 Å². The summed E-state index contributed by atoms with van der Waals surface area (Å²) in [6.07, 6.45) is 3.54. The zero-order valence-electron chi connectivity index (χ0n) is 18.1. The monoisotopic (exact) mass is 421 g/mol. The zero-order chi connectivity index (χ0) is 22.4. The number of nitrogens with one attached hydrogen (secondary N) is 1. The minimum absolute atomic E-state index is 0.0199. The van der Waals surface area contributed by atoms with Crippen LogP contribution in [0.1, 0.15) is 47.1 Å². The van der Waals surface area contributed by atoms with Crippen LogP contribution in [0.4, 0.5) is 0 Å². The van der Waals surface area contributed by atoms with Crippen molar-refractivity contribution in [3.8, 4) is 11.8 Å². The van der Waals surface area contributed by atoms with E-state index in [0.29, 0.717) is 25.3 Å². The molecule has 0 bridgehead atoms. The van der Waals surface area contributed by atoms with Crippen LogP contribution in [0.3, 0.4) is 0 Å². The van der Waals surface area contributed by atoms with Gasteiger partial charge in [-0.05, 0) is 75.6 Å². The van der Waals surface area contributed by atoms with Crippen molar-refractivity contribution in [2.24, 2.45) is 0 Å². The van der Waals surface area contributed by atoms with Crippen LogP contribution in [0.5, 0.6) is 0 Å². The van der Waals surface area contributed by atoms with E-state index in [2.05, 4.69) is 5.32 Å². The standard InChI is InChI=1S/C24H27N3O4/c1-4-30-24(29)18-7-9-21(10-8-18)27-16(2)12-19(17(27)3)13-20(14-25)23(28)26-15-22-6-5-11-31-22/h7-10,12-13,22H,4-6,11,15H2,1-3H3,(H,26,28)/b20-13-/t22-/m1/s1. The van der Waals surface area contributed by atoms with Crippen molar-refractivity contribution in [2.45, 2.75) is 39.7 Å². The summed E-state index contributed by atoms with van der Waals surface area (Å²) in [6, 6.07) is 11.1. The quantitative estimate of drug-likeness (QED) is 0.420. The Hall–Kier alpha value is -3.37. The first-order valence-electron chi connectivity index (χ1n) is 10.4. The molecule has 2 aromatic rings. The van der Waals surface area contributed by atoms with Crippen molar-refractivity contribution in [3.63, 3.8) is 0 Å². The molecule has 0 spiro atoms. The highest BCUT2D eigenvalue weighted by atomic mass is 16.5. The highest BCUT2D eigenvalue weighted by Crippen LogP contribution is 2.23. The second-order valence-corrected chi connectivity index (χ2v) is 7.44. The van der Waals surface area contributed by atoms with E-state index in [4.69, 9.17) is 9.47 Å². The van der Waals surface area contributed by atoms with E-state index >= 15 is 0 Å². The van der Waals surface area contributed by atoms with Gasteiger partial charge in [0.05, 0.1) is 18.3 Å². The molecule has 7 heteroatoms. The third-order valence-corrected chi connectivity index (χ3v) is 5.29. The largest absolute Gasteiger partial charge is 0.462 e. The number of carbonyl (C=O) groups is 2. The van der Waals surface area contributed by atoms with E-state index in [-0.39, 0.29) is 17.6 Å². The summed E-state index contributed by atoms with van der Waals surface area (Å²) in [4.78, 5) is 24.3. The van der Waals surface area contributed by atoms with Crippen LogP contribution in [-0.2, 0) is 14.3 Å². The maximum Gasteiger partial charge on any atom is 0.338 e. The number of esters is 1. The maximum atomic E-state index is 12.5. The van der Waals surface area contributed by atoms with Crippen LogP contribution < -0.4 is 5.32 Å². The molecule has 1 N–H and O–H groups in total. The molecule has 1 aliphatic heterocycles. The lowest BCUT2D eigenvalue weighted by Crippen LogP contribution is -2.32. The number of aryl methyl sites for hydroxylation is 1. The number of nitrogens with zero attached hydrogens (tertiary/aromatic N) is 2. The third kappa shape index (κ3) is 5.22. The van der Waals surface area contributed by atoms with Gasteiger partial charge in [-0.3, -0.25) is 4.79 Å². The van der Waals surface area contributed by atoms with Gasteiger partial charge in [0.2, 0.25) is 0 Å². The van der Waals surface area contributed by atoms with Crippen molar-refractivity contribution in [2.75, 3.05) is 19.8 Å². The van der Waals surface area contributed by atoms with Crippen molar-refractivity contribution in [1.29, 1.82) is 5.26 Å². The molecule has 1 atom stereocenters. The fourth-order valence-electron chi connectivity index (χ4n) is 3.70. The third-order valence-electron chi connectivity index (χ3n) is 5.29. The molecule has 1 aromatic carbocycles. The lowest BCUT2D eigenvalue weighted by Gasteiger charge is -2.11. The molecule has 1 saturated heterocycles. The number of amides is 1. The van der Waals surface area contributed by atoms with E-state index in [1.165, 1.54) is 0 Å². The predicted octanol–water partition coefficient (Wildman–Crippen LogP) is 3.47. The van der Waals surface area contributed by atoms with Crippen LogP contribution in [-0.4, -0.2) is 42.3 Å². The van der Waals surface area contributed by atoms with Crippen LogP contribution in [0.2, 0.25) is 0 Å². The topological polar surface area (TPSA) is 93.4 Å². The smallest absolute Gasteiger partial charge is 0.338 e. The van der Waals surface area contributed by atoms with E-state index in [0.717, 1.165) is 35.5 Å². The molecule has 2 heterocycles. The van der Waals surface area contributed by atoms with Gasteiger partial charge >= 0.3 is 5.97 Å². The fraction of sp³-hybridized carbons (Fsp3) is 0.375. The molecule has 162 valence electrons. The second-order valence-electron chi connectivity index (χ2n) is 7.44. The maximum absolute atomic E-state index is 12.5. The summed E-state index contributed by atoms with van der Waals surface area (Å²) in [5.41, 5.74) is 4.05. The van der Waals surface area contributed by atoms with Crippen molar-refractivity contribution < 1.29 is 19.1 Å². The zero-order valence-corrected chi connectivity index (χ0v) is 18.1. The second kappa shape index (κ2) is 10.1. The fourth-order valence-corrected chi connectivity index (χ4v) is 3.70. The minimum atomic E-state index is -0.401. The van der Waals surface area contributed by atoms with Crippen LogP contribution in [0, 0.1) is 25.2 Å². The Morgan fingerprint density at radius 2 is 2.06 bits per heavy atom. The van der Waals surface area contributed by atoms with E-state index in [1.54, 1.807) is 25.1 Å². The molecule has 0 saturated carbocycles. The Balaban J connectivity index is 1.80. The number of ether oxygens (including phenoxy) is 2. The number of nitriles is 1. The van der Waals surface area contributed by atoms with Gasteiger partial charge in [-0.1, -0.05) is 0 Å². The lowest BCUT2D eigenvalue weighted by molar-refractivity contribution is -0.117. The van der Waals surface area contributed by atoms with Gasteiger partial charge in [0.1, 0.15) is 11.6 Å². The molecule has 3 rings (SSSR count). The number of carbonyl (C=O) groups excluding carboxylic acids is 2. The van der Waals surface area contributed by atoms with Crippen molar-refractivity contribution in [3.05, 3.63) is 58.4 Å². The van der Waals surface area contributed by atoms with Gasteiger partial charge in [0.15, 0.2) is 0 Å². The molecular weight excluding hydrogens is 394 g/mol. The van der Waals surface area contributed by atoms with Crippen molar-refractivity contribution >= 4 is 18.0 Å². The van der Waals surface area contributed by atoms with Crippen LogP contribution in [0.15, 0.2) is 35.9 Å². The summed E-state index contributed by atoms with van der Waals surface area (Å²) < 4.78 is 12.5. The molecule has 1 fully saturated rings. The first kappa shape index (κ1) is 22.3. The summed E-state index contributed by atoms with van der Waals surface area (Å²) in [5.74, 6) is -0.757. The number of aromatic nitrogens is 1. The molecule has 1 amide bonds. The molecule has 1 aromatic heterocycles. The van der Waals surface area contributed by atoms with Gasteiger partial charge < -0.3 is 19.4 Å². The number of rotatable bonds is 7.